The molecule has 0 N–H and O–H groups in total. The molecule has 0 fully saturated rings. The SMILES string of the molecule is Cc1ccc(Cn2cccc2C=O)nn1. The van der Waals surface area contributed by atoms with E-state index in [1.165, 1.54) is 0 Å². The molecule has 0 atom stereocenters. The van der Waals surface area contributed by atoms with Gasteiger partial charge in [-0.25, -0.2) is 0 Å². The smallest absolute Gasteiger partial charge is 0.166 e. The van der Waals surface area contributed by atoms with E-state index in [9.17, 15) is 4.79 Å². The van der Waals surface area contributed by atoms with E-state index in [0.717, 1.165) is 17.7 Å². The van der Waals surface area contributed by atoms with Crippen molar-refractivity contribution >= 4 is 6.29 Å². The number of aromatic nitrogens is 3. The molecule has 2 rings (SSSR count). The Labute approximate surface area is 87.6 Å². The number of hydrogen-bond acceptors (Lipinski definition) is 3. The molecule has 0 aliphatic rings. The third-order valence-corrected chi connectivity index (χ3v) is 2.17. The summed E-state index contributed by atoms with van der Waals surface area (Å²) in [6.45, 7) is 2.47. The highest BCUT2D eigenvalue weighted by Crippen LogP contribution is 2.03. The summed E-state index contributed by atoms with van der Waals surface area (Å²) in [4.78, 5) is 10.7. The number of rotatable bonds is 3. The quantitative estimate of drug-likeness (QED) is 0.706. The Morgan fingerprint density at radius 2 is 2.20 bits per heavy atom. The van der Waals surface area contributed by atoms with Crippen LogP contribution in [-0.4, -0.2) is 21.1 Å². The standard InChI is InChI=1S/C11H11N3O/c1-9-4-5-10(13-12-9)7-14-6-2-3-11(14)8-15/h2-6,8H,7H2,1H3. The fourth-order valence-electron chi connectivity index (χ4n) is 1.36. The molecule has 0 amide bonds. The summed E-state index contributed by atoms with van der Waals surface area (Å²) in [5.74, 6) is 0. The van der Waals surface area contributed by atoms with Crippen molar-refractivity contribution in [2.24, 2.45) is 0 Å². The molecule has 0 bridgehead atoms. The van der Waals surface area contributed by atoms with E-state index in [1.807, 2.05) is 35.9 Å². The lowest BCUT2D eigenvalue weighted by Crippen LogP contribution is -2.05. The van der Waals surface area contributed by atoms with E-state index in [-0.39, 0.29) is 0 Å². The van der Waals surface area contributed by atoms with Crippen LogP contribution in [0.4, 0.5) is 0 Å². The van der Waals surface area contributed by atoms with Crippen molar-refractivity contribution in [1.82, 2.24) is 14.8 Å². The fraction of sp³-hybridized carbons (Fsp3) is 0.182. The van der Waals surface area contributed by atoms with Gasteiger partial charge in [-0.3, -0.25) is 4.79 Å². The van der Waals surface area contributed by atoms with E-state index in [0.29, 0.717) is 12.2 Å². The van der Waals surface area contributed by atoms with Crippen molar-refractivity contribution in [3.8, 4) is 0 Å². The first-order valence-electron chi connectivity index (χ1n) is 4.69. The fourth-order valence-corrected chi connectivity index (χ4v) is 1.36. The average Bonchev–Trinajstić information content (AvgIpc) is 2.69. The van der Waals surface area contributed by atoms with Crippen LogP contribution in [0.1, 0.15) is 21.9 Å². The number of carbonyl (C=O) groups is 1. The maximum atomic E-state index is 10.7. The molecule has 0 saturated carbocycles. The minimum absolute atomic E-state index is 0.578. The van der Waals surface area contributed by atoms with Gasteiger partial charge in [0.1, 0.15) is 0 Å². The summed E-state index contributed by atoms with van der Waals surface area (Å²) in [6.07, 6.45) is 2.69. The molecule has 0 radical (unpaired) electrons. The van der Waals surface area contributed by atoms with Crippen molar-refractivity contribution in [2.45, 2.75) is 13.5 Å². The molecular formula is C11H11N3O. The molecule has 76 valence electrons. The molecule has 0 aliphatic heterocycles. The van der Waals surface area contributed by atoms with Gasteiger partial charge in [-0.05, 0) is 31.2 Å². The number of carbonyl (C=O) groups excluding carboxylic acids is 1. The number of hydrogen-bond donors (Lipinski definition) is 0. The maximum absolute atomic E-state index is 10.7. The van der Waals surface area contributed by atoms with Gasteiger partial charge in [0.2, 0.25) is 0 Å². The Morgan fingerprint density at radius 3 is 2.87 bits per heavy atom. The van der Waals surface area contributed by atoms with Gasteiger partial charge >= 0.3 is 0 Å². The summed E-state index contributed by atoms with van der Waals surface area (Å²) < 4.78 is 1.84. The first-order valence-corrected chi connectivity index (χ1v) is 4.69. The molecule has 0 aromatic carbocycles. The van der Waals surface area contributed by atoms with E-state index in [2.05, 4.69) is 10.2 Å². The summed E-state index contributed by atoms with van der Waals surface area (Å²) in [6, 6.07) is 7.43. The predicted molar refractivity (Wildman–Crippen MR) is 55.7 cm³/mol. The molecular weight excluding hydrogens is 190 g/mol. The van der Waals surface area contributed by atoms with Crippen LogP contribution in [0.5, 0.6) is 0 Å². The van der Waals surface area contributed by atoms with Gasteiger partial charge in [0.25, 0.3) is 0 Å². The zero-order valence-corrected chi connectivity index (χ0v) is 8.42. The number of aldehydes is 1. The lowest BCUT2D eigenvalue weighted by molar-refractivity contribution is 0.111. The third kappa shape index (κ3) is 2.10. The Bertz CT molecular complexity index is 459. The maximum Gasteiger partial charge on any atom is 0.166 e. The first kappa shape index (κ1) is 9.58. The molecule has 2 heterocycles. The largest absolute Gasteiger partial charge is 0.339 e. The summed E-state index contributed by atoms with van der Waals surface area (Å²) in [5, 5.41) is 8.01. The van der Waals surface area contributed by atoms with Crippen molar-refractivity contribution in [3.63, 3.8) is 0 Å². The lowest BCUT2D eigenvalue weighted by atomic mass is 10.3. The van der Waals surface area contributed by atoms with Crippen molar-refractivity contribution in [1.29, 1.82) is 0 Å². The minimum atomic E-state index is 0.578. The third-order valence-electron chi connectivity index (χ3n) is 2.17. The Morgan fingerprint density at radius 1 is 1.33 bits per heavy atom. The Hall–Kier alpha value is -1.97. The molecule has 15 heavy (non-hydrogen) atoms. The first-order chi connectivity index (χ1) is 7.29. The summed E-state index contributed by atoms with van der Waals surface area (Å²) in [5.41, 5.74) is 2.39. The molecule has 4 nitrogen and oxygen atoms in total. The highest BCUT2D eigenvalue weighted by atomic mass is 16.1. The number of nitrogens with zero attached hydrogens (tertiary/aromatic N) is 3. The summed E-state index contributed by atoms with van der Waals surface area (Å²) >= 11 is 0. The Balaban J connectivity index is 2.21. The highest BCUT2D eigenvalue weighted by molar-refractivity contribution is 5.72. The van der Waals surface area contributed by atoms with E-state index in [1.54, 1.807) is 6.07 Å². The van der Waals surface area contributed by atoms with Gasteiger partial charge in [0.15, 0.2) is 6.29 Å². The van der Waals surface area contributed by atoms with Gasteiger partial charge in [-0.1, -0.05) is 0 Å². The monoisotopic (exact) mass is 201 g/mol. The minimum Gasteiger partial charge on any atom is -0.339 e. The average molecular weight is 201 g/mol. The van der Waals surface area contributed by atoms with Gasteiger partial charge in [-0.2, -0.15) is 10.2 Å². The van der Waals surface area contributed by atoms with E-state index < -0.39 is 0 Å². The summed E-state index contributed by atoms with van der Waals surface area (Å²) in [7, 11) is 0. The molecule has 2 aromatic heterocycles. The lowest BCUT2D eigenvalue weighted by Gasteiger charge is -2.03. The normalized spacial score (nSPS) is 10.2. The molecule has 0 aliphatic carbocycles. The van der Waals surface area contributed by atoms with Crippen molar-refractivity contribution in [2.75, 3.05) is 0 Å². The van der Waals surface area contributed by atoms with Crippen LogP contribution < -0.4 is 0 Å². The van der Waals surface area contributed by atoms with E-state index >= 15 is 0 Å². The molecule has 4 heteroatoms. The zero-order chi connectivity index (χ0) is 10.7. The van der Waals surface area contributed by atoms with Gasteiger partial charge < -0.3 is 4.57 Å². The van der Waals surface area contributed by atoms with Crippen molar-refractivity contribution < 1.29 is 4.79 Å². The highest BCUT2D eigenvalue weighted by Gasteiger charge is 2.01. The Kier molecular flexibility index (Phi) is 2.58. The zero-order valence-electron chi connectivity index (χ0n) is 8.42. The van der Waals surface area contributed by atoms with E-state index in [4.69, 9.17) is 0 Å². The van der Waals surface area contributed by atoms with Crippen LogP contribution in [0.2, 0.25) is 0 Å². The van der Waals surface area contributed by atoms with Crippen LogP contribution in [0, 0.1) is 6.92 Å². The second-order valence-electron chi connectivity index (χ2n) is 3.34. The molecule has 0 unspecified atom stereocenters. The topological polar surface area (TPSA) is 47.8 Å². The second kappa shape index (κ2) is 4.04. The van der Waals surface area contributed by atoms with Crippen LogP contribution in [0.15, 0.2) is 30.5 Å². The van der Waals surface area contributed by atoms with Crippen LogP contribution in [-0.2, 0) is 6.54 Å². The van der Waals surface area contributed by atoms with Gasteiger partial charge in [0, 0.05) is 6.20 Å². The van der Waals surface area contributed by atoms with Gasteiger partial charge in [-0.15, -0.1) is 0 Å². The second-order valence-corrected chi connectivity index (χ2v) is 3.34. The van der Waals surface area contributed by atoms with Crippen LogP contribution in [0.3, 0.4) is 0 Å². The number of aryl methyl sites for hydroxylation is 1. The molecule has 2 aromatic rings. The van der Waals surface area contributed by atoms with Gasteiger partial charge in [0.05, 0.1) is 23.6 Å². The predicted octanol–water partition coefficient (Wildman–Crippen LogP) is 1.45. The van der Waals surface area contributed by atoms with Crippen LogP contribution in [0.25, 0.3) is 0 Å². The van der Waals surface area contributed by atoms with Crippen LogP contribution >= 0.6 is 0 Å². The van der Waals surface area contributed by atoms with Crippen molar-refractivity contribution in [3.05, 3.63) is 47.5 Å². The molecule has 0 saturated heterocycles. The molecule has 0 spiro atoms.